The lowest BCUT2D eigenvalue weighted by Gasteiger charge is -2.21. The first-order chi connectivity index (χ1) is 7.77. The second-order valence-electron chi connectivity index (χ2n) is 4.70. The maximum absolute atomic E-state index is 13.6. The lowest BCUT2D eigenvalue weighted by Crippen LogP contribution is -2.15. The SMILES string of the molecule is Cc1cccc(OCC2CCCCC2)c1F. The Balaban J connectivity index is 1.91. The van der Waals surface area contributed by atoms with Gasteiger partial charge in [-0.3, -0.25) is 0 Å². The molecular weight excluding hydrogens is 203 g/mol. The zero-order chi connectivity index (χ0) is 11.4. The van der Waals surface area contributed by atoms with Crippen LogP contribution in [0, 0.1) is 18.7 Å². The van der Waals surface area contributed by atoms with Crippen molar-refractivity contribution in [2.24, 2.45) is 5.92 Å². The van der Waals surface area contributed by atoms with Crippen molar-refractivity contribution in [1.82, 2.24) is 0 Å². The number of benzene rings is 1. The van der Waals surface area contributed by atoms with E-state index in [4.69, 9.17) is 4.74 Å². The Hall–Kier alpha value is -1.05. The largest absolute Gasteiger partial charge is 0.490 e. The summed E-state index contributed by atoms with van der Waals surface area (Å²) in [5, 5.41) is 0. The maximum Gasteiger partial charge on any atom is 0.167 e. The quantitative estimate of drug-likeness (QED) is 0.748. The molecule has 88 valence electrons. The van der Waals surface area contributed by atoms with Crippen molar-refractivity contribution >= 4 is 0 Å². The summed E-state index contributed by atoms with van der Waals surface area (Å²) in [7, 11) is 0. The number of ether oxygens (including phenoxy) is 1. The third-order valence-corrected chi connectivity index (χ3v) is 3.36. The molecule has 0 saturated heterocycles. The molecule has 0 aromatic heterocycles. The van der Waals surface area contributed by atoms with Crippen LogP contribution in [0.15, 0.2) is 18.2 Å². The fourth-order valence-corrected chi connectivity index (χ4v) is 2.29. The molecule has 0 spiro atoms. The minimum Gasteiger partial charge on any atom is -0.490 e. The molecule has 1 nitrogen and oxygen atoms in total. The van der Waals surface area contributed by atoms with Gasteiger partial charge in [-0.2, -0.15) is 0 Å². The fraction of sp³-hybridized carbons (Fsp3) is 0.571. The summed E-state index contributed by atoms with van der Waals surface area (Å²) in [5.41, 5.74) is 0.654. The minimum absolute atomic E-state index is 0.210. The van der Waals surface area contributed by atoms with E-state index in [1.165, 1.54) is 32.1 Å². The van der Waals surface area contributed by atoms with Gasteiger partial charge in [0.15, 0.2) is 11.6 Å². The molecule has 1 aromatic rings. The Morgan fingerprint density at radius 3 is 2.75 bits per heavy atom. The van der Waals surface area contributed by atoms with Crippen LogP contribution >= 0.6 is 0 Å². The van der Waals surface area contributed by atoms with Crippen LogP contribution in [-0.4, -0.2) is 6.61 Å². The highest BCUT2D eigenvalue weighted by Gasteiger charge is 2.15. The maximum atomic E-state index is 13.6. The standard InChI is InChI=1S/C14H19FO/c1-11-6-5-9-13(14(11)15)16-10-12-7-3-2-4-8-12/h5-6,9,12H,2-4,7-8,10H2,1H3. The minimum atomic E-state index is -0.210. The Bertz CT molecular complexity index is 343. The summed E-state index contributed by atoms with van der Waals surface area (Å²) < 4.78 is 19.2. The molecule has 0 radical (unpaired) electrons. The zero-order valence-corrected chi connectivity index (χ0v) is 9.84. The predicted octanol–water partition coefficient (Wildman–Crippen LogP) is 4.09. The molecule has 1 aromatic carbocycles. The van der Waals surface area contributed by atoms with Gasteiger partial charge in [-0.05, 0) is 37.3 Å². The highest BCUT2D eigenvalue weighted by Crippen LogP contribution is 2.26. The van der Waals surface area contributed by atoms with Gasteiger partial charge in [0.05, 0.1) is 6.61 Å². The van der Waals surface area contributed by atoms with Crippen LogP contribution in [0.4, 0.5) is 4.39 Å². The predicted molar refractivity (Wildman–Crippen MR) is 63.2 cm³/mol. The molecule has 16 heavy (non-hydrogen) atoms. The van der Waals surface area contributed by atoms with Crippen LogP contribution in [0.3, 0.4) is 0 Å². The molecule has 1 aliphatic rings. The number of hydrogen-bond acceptors (Lipinski definition) is 1. The van der Waals surface area contributed by atoms with Crippen LogP contribution in [-0.2, 0) is 0 Å². The highest BCUT2D eigenvalue weighted by atomic mass is 19.1. The topological polar surface area (TPSA) is 9.23 Å². The van der Waals surface area contributed by atoms with Crippen molar-refractivity contribution in [2.45, 2.75) is 39.0 Å². The third kappa shape index (κ3) is 2.75. The van der Waals surface area contributed by atoms with Gasteiger partial charge < -0.3 is 4.74 Å². The first-order valence-electron chi connectivity index (χ1n) is 6.15. The van der Waals surface area contributed by atoms with Gasteiger partial charge in [-0.25, -0.2) is 4.39 Å². The fourth-order valence-electron chi connectivity index (χ4n) is 2.29. The molecule has 0 bridgehead atoms. The average molecular weight is 222 g/mol. The van der Waals surface area contributed by atoms with Crippen molar-refractivity contribution in [2.75, 3.05) is 6.61 Å². The van der Waals surface area contributed by atoms with Gasteiger partial charge >= 0.3 is 0 Å². The van der Waals surface area contributed by atoms with E-state index >= 15 is 0 Å². The van der Waals surface area contributed by atoms with Crippen LogP contribution in [0.1, 0.15) is 37.7 Å². The van der Waals surface area contributed by atoms with E-state index in [2.05, 4.69) is 0 Å². The first-order valence-corrected chi connectivity index (χ1v) is 6.15. The molecule has 1 fully saturated rings. The zero-order valence-electron chi connectivity index (χ0n) is 9.84. The summed E-state index contributed by atoms with van der Waals surface area (Å²) in [5.74, 6) is 0.817. The van der Waals surface area contributed by atoms with Gasteiger partial charge in [0.2, 0.25) is 0 Å². The van der Waals surface area contributed by atoms with E-state index in [1.54, 1.807) is 19.1 Å². The number of hydrogen-bond donors (Lipinski definition) is 0. The number of aryl methyl sites for hydroxylation is 1. The van der Waals surface area contributed by atoms with Crippen LogP contribution in [0.25, 0.3) is 0 Å². The van der Waals surface area contributed by atoms with Crippen LogP contribution in [0.5, 0.6) is 5.75 Å². The van der Waals surface area contributed by atoms with Gasteiger partial charge in [0, 0.05) is 0 Å². The molecule has 0 atom stereocenters. The number of rotatable bonds is 3. The Kier molecular flexibility index (Phi) is 3.81. The molecule has 0 aliphatic heterocycles. The second kappa shape index (κ2) is 5.33. The van der Waals surface area contributed by atoms with Crippen LogP contribution < -0.4 is 4.74 Å². The Morgan fingerprint density at radius 1 is 1.25 bits per heavy atom. The molecule has 0 unspecified atom stereocenters. The summed E-state index contributed by atoms with van der Waals surface area (Å²) in [6.45, 7) is 2.43. The Labute approximate surface area is 96.6 Å². The van der Waals surface area contributed by atoms with Crippen molar-refractivity contribution < 1.29 is 9.13 Å². The highest BCUT2D eigenvalue weighted by molar-refractivity contribution is 5.30. The van der Waals surface area contributed by atoms with Gasteiger partial charge in [-0.15, -0.1) is 0 Å². The van der Waals surface area contributed by atoms with E-state index in [1.807, 2.05) is 6.07 Å². The van der Waals surface area contributed by atoms with E-state index < -0.39 is 0 Å². The molecule has 1 aliphatic carbocycles. The Morgan fingerprint density at radius 2 is 2.00 bits per heavy atom. The summed E-state index contributed by atoms with van der Waals surface area (Å²) in [6.07, 6.45) is 6.39. The summed E-state index contributed by atoms with van der Waals surface area (Å²) >= 11 is 0. The lowest BCUT2D eigenvalue weighted by molar-refractivity contribution is 0.202. The molecule has 0 amide bonds. The molecular formula is C14H19FO. The lowest BCUT2D eigenvalue weighted by atomic mass is 9.90. The number of halogens is 1. The second-order valence-corrected chi connectivity index (χ2v) is 4.70. The average Bonchev–Trinajstić information content (AvgIpc) is 2.32. The van der Waals surface area contributed by atoms with Crippen molar-refractivity contribution in [3.63, 3.8) is 0 Å². The van der Waals surface area contributed by atoms with Crippen LogP contribution in [0.2, 0.25) is 0 Å². The van der Waals surface area contributed by atoms with Gasteiger partial charge in [0.25, 0.3) is 0 Å². The summed E-state index contributed by atoms with van der Waals surface area (Å²) in [6, 6.07) is 5.32. The van der Waals surface area contributed by atoms with E-state index in [-0.39, 0.29) is 5.82 Å². The van der Waals surface area contributed by atoms with E-state index in [9.17, 15) is 4.39 Å². The molecule has 2 heteroatoms. The van der Waals surface area contributed by atoms with E-state index in [0.717, 1.165) is 0 Å². The van der Waals surface area contributed by atoms with Crippen molar-refractivity contribution in [1.29, 1.82) is 0 Å². The third-order valence-electron chi connectivity index (χ3n) is 3.36. The van der Waals surface area contributed by atoms with Crippen molar-refractivity contribution in [3.05, 3.63) is 29.6 Å². The van der Waals surface area contributed by atoms with Gasteiger partial charge in [-0.1, -0.05) is 31.4 Å². The van der Waals surface area contributed by atoms with E-state index in [0.29, 0.717) is 23.8 Å². The summed E-state index contributed by atoms with van der Waals surface area (Å²) in [4.78, 5) is 0. The molecule has 0 N–H and O–H groups in total. The normalized spacial score (nSPS) is 17.4. The monoisotopic (exact) mass is 222 g/mol. The van der Waals surface area contributed by atoms with Gasteiger partial charge in [0.1, 0.15) is 0 Å². The molecule has 1 saturated carbocycles. The molecule has 2 rings (SSSR count). The molecule has 0 heterocycles. The smallest absolute Gasteiger partial charge is 0.167 e. The first kappa shape index (κ1) is 11.4. The van der Waals surface area contributed by atoms with Crippen molar-refractivity contribution in [3.8, 4) is 5.75 Å².